The number of H-pyrrole nitrogens is 1. The summed E-state index contributed by atoms with van der Waals surface area (Å²) in [4.78, 5) is 28.7. The van der Waals surface area contributed by atoms with Gasteiger partial charge in [0, 0.05) is 6.54 Å². The first-order valence-electron chi connectivity index (χ1n) is 10.6. The number of nitrogens with zero attached hydrogens (tertiary/aromatic N) is 2. The highest BCUT2D eigenvalue weighted by atomic mass is 35.5. The first kappa shape index (κ1) is 22.9. The molecule has 176 valence electrons. The van der Waals surface area contributed by atoms with Crippen molar-refractivity contribution in [3.05, 3.63) is 84.8 Å². The number of hydrogen-bond donors (Lipinski definition) is 2. The van der Waals surface area contributed by atoms with Gasteiger partial charge in [-0.1, -0.05) is 41.9 Å². The Labute approximate surface area is 203 Å². The molecule has 34 heavy (non-hydrogen) atoms. The summed E-state index contributed by atoms with van der Waals surface area (Å²) in [6.45, 7) is -0.0788. The van der Waals surface area contributed by atoms with Crippen LogP contribution in [0.4, 0.5) is 5.69 Å². The number of rotatable bonds is 4. The zero-order chi connectivity index (χ0) is 24.0. The zero-order valence-electron chi connectivity index (χ0n) is 17.8. The third-order valence-corrected chi connectivity index (χ3v) is 9.53. The highest BCUT2D eigenvalue weighted by molar-refractivity contribution is 7.94. The summed E-state index contributed by atoms with van der Waals surface area (Å²) in [5.41, 5.74) is 0.730. The van der Waals surface area contributed by atoms with Crippen LogP contribution in [0.15, 0.2) is 62.3 Å². The van der Waals surface area contributed by atoms with E-state index in [0.717, 1.165) is 34.3 Å². The van der Waals surface area contributed by atoms with Crippen LogP contribution in [0.5, 0.6) is 0 Å². The summed E-state index contributed by atoms with van der Waals surface area (Å²) >= 11 is 7.20. The number of para-hydroxylation sites is 1. The van der Waals surface area contributed by atoms with Crippen molar-refractivity contribution in [3.8, 4) is 5.69 Å². The standard InChI is InChI=1S/C23H20ClN3O5S2/c24-21-18(27-22(29)20-15(13-28)8-5-9-16(20)25-23(27)30)12-19(33-21)34(31,32)26-11-4-3-7-14-6-1-2-10-17(14)26/h1-2,5-6,8-10,12,28H,3-4,7,11,13H2,(H,25,30). The van der Waals surface area contributed by atoms with E-state index in [-0.39, 0.29) is 25.1 Å². The predicted octanol–water partition coefficient (Wildman–Crippen LogP) is 3.42. The number of anilines is 1. The van der Waals surface area contributed by atoms with Crippen LogP contribution in [0, 0.1) is 0 Å². The quantitative estimate of drug-likeness (QED) is 0.431. The Morgan fingerprint density at radius 3 is 2.65 bits per heavy atom. The fourth-order valence-electron chi connectivity index (χ4n) is 4.32. The van der Waals surface area contributed by atoms with Gasteiger partial charge in [0.25, 0.3) is 15.6 Å². The van der Waals surface area contributed by atoms with E-state index in [0.29, 0.717) is 24.2 Å². The van der Waals surface area contributed by atoms with Gasteiger partial charge in [0.2, 0.25) is 0 Å². The third kappa shape index (κ3) is 3.67. The second kappa shape index (κ2) is 8.70. The van der Waals surface area contributed by atoms with Crippen molar-refractivity contribution in [2.24, 2.45) is 0 Å². The van der Waals surface area contributed by atoms with Crippen molar-refractivity contribution in [1.82, 2.24) is 9.55 Å². The van der Waals surface area contributed by atoms with Crippen molar-refractivity contribution in [2.75, 3.05) is 10.8 Å². The van der Waals surface area contributed by atoms with Gasteiger partial charge in [0.05, 0.1) is 28.9 Å². The second-order valence-electron chi connectivity index (χ2n) is 7.96. The zero-order valence-corrected chi connectivity index (χ0v) is 20.2. The lowest BCUT2D eigenvalue weighted by Gasteiger charge is -2.23. The van der Waals surface area contributed by atoms with Gasteiger partial charge in [-0.2, -0.15) is 0 Å². The highest BCUT2D eigenvalue weighted by Gasteiger charge is 2.31. The molecule has 1 aliphatic rings. The van der Waals surface area contributed by atoms with Gasteiger partial charge in [-0.05, 0) is 48.6 Å². The number of aliphatic hydroxyl groups excluding tert-OH is 1. The lowest BCUT2D eigenvalue weighted by Crippen LogP contribution is -2.34. The summed E-state index contributed by atoms with van der Waals surface area (Å²) in [5, 5.41) is 9.79. The van der Waals surface area contributed by atoms with E-state index in [1.54, 1.807) is 30.3 Å². The highest BCUT2D eigenvalue weighted by Crippen LogP contribution is 2.37. The normalized spacial score (nSPS) is 14.2. The molecular weight excluding hydrogens is 498 g/mol. The van der Waals surface area contributed by atoms with Gasteiger partial charge in [0.15, 0.2) is 0 Å². The monoisotopic (exact) mass is 517 g/mol. The number of fused-ring (bicyclic) bond motifs is 2. The van der Waals surface area contributed by atoms with E-state index in [9.17, 15) is 23.1 Å². The molecule has 0 aliphatic carbocycles. The van der Waals surface area contributed by atoms with Gasteiger partial charge in [-0.25, -0.2) is 17.8 Å². The molecule has 2 aromatic carbocycles. The Hall–Kier alpha value is -2.92. The Balaban J connectivity index is 1.67. The van der Waals surface area contributed by atoms with Crippen LogP contribution < -0.4 is 15.6 Å². The van der Waals surface area contributed by atoms with Crippen molar-refractivity contribution >= 4 is 49.6 Å². The molecule has 2 N–H and O–H groups in total. The third-order valence-electron chi connectivity index (χ3n) is 5.93. The van der Waals surface area contributed by atoms with E-state index < -0.39 is 27.9 Å². The minimum Gasteiger partial charge on any atom is -0.392 e. The molecule has 0 amide bonds. The molecule has 1 aliphatic heterocycles. The second-order valence-corrected chi connectivity index (χ2v) is 11.7. The van der Waals surface area contributed by atoms with E-state index >= 15 is 0 Å². The van der Waals surface area contributed by atoms with E-state index in [4.69, 9.17) is 11.6 Å². The minimum absolute atomic E-state index is 0.00453. The number of aromatic nitrogens is 2. The van der Waals surface area contributed by atoms with E-state index in [1.807, 2.05) is 12.1 Å². The van der Waals surface area contributed by atoms with E-state index in [2.05, 4.69) is 4.98 Å². The maximum atomic E-state index is 13.7. The van der Waals surface area contributed by atoms with Crippen LogP contribution in [-0.2, 0) is 23.1 Å². The average molecular weight is 518 g/mol. The fraction of sp³-hybridized carbons (Fsp3) is 0.217. The molecule has 2 aromatic heterocycles. The Morgan fingerprint density at radius 2 is 1.85 bits per heavy atom. The lowest BCUT2D eigenvalue weighted by atomic mass is 10.1. The van der Waals surface area contributed by atoms with E-state index in [1.165, 1.54) is 10.4 Å². The maximum Gasteiger partial charge on any atom is 0.333 e. The fourth-order valence-corrected chi connectivity index (χ4v) is 7.67. The number of sulfonamides is 1. The van der Waals surface area contributed by atoms with Crippen molar-refractivity contribution in [2.45, 2.75) is 30.1 Å². The summed E-state index contributed by atoms with van der Waals surface area (Å²) in [6.07, 6.45) is 2.36. The van der Waals surface area contributed by atoms with Gasteiger partial charge in [0.1, 0.15) is 8.55 Å². The Kier molecular flexibility index (Phi) is 5.85. The molecule has 0 radical (unpaired) electrons. The topological polar surface area (TPSA) is 112 Å². The van der Waals surface area contributed by atoms with Crippen LogP contribution in [0.1, 0.15) is 24.0 Å². The van der Waals surface area contributed by atoms with Crippen LogP contribution >= 0.6 is 22.9 Å². The molecule has 0 saturated heterocycles. The van der Waals surface area contributed by atoms with Gasteiger partial charge >= 0.3 is 5.69 Å². The molecule has 0 bridgehead atoms. The number of aliphatic hydroxyl groups is 1. The summed E-state index contributed by atoms with van der Waals surface area (Å²) < 4.78 is 29.4. The number of halogens is 1. The summed E-state index contributed by atoms with van der Waals surface area (Å²) in [5.74, 6) is 0. The van der Waals surface area contributed by atoms with Gasteiger partial charge in [-0.15, -0.1) is 11.3 Å². The minimum atomic E-state index is -3.99. The molecule has 4 aromatic rings. The number of aryl methyl sites for hydroxylation is 1. The average Bonchev–Trinajstić information content (AvgIpc) is 3.07. The molecular formula is C23H20ClN3O5S2. The Morgan fingerprint density at radius 1 is 1.06 bits per heavy atom. The molecule has 3 heterocycles. The predicted molar refractivity (Wildman–Crippen MR) is 133 cm³/mol. The molecule has 0 fully saturated rings. The first-order valence-corrected chi connectivity index (χ1v) is 13.2. The molecule has 0 unspecified atom stereocenters. The van der Waals surface area contributed by atoms with Crippen LogP contribution in [-0.4, -0.2) is 29.6 Å². The summed E-state index contributed by atoms with van der Waals surface area (Å²) in [6, 6.07) is 13.4. The van der Waals surface area contributed by atoms with Crippen LogP contribution in [0.25, 0.3) is 16.6 Å². The number of thiophene rings is 1. The SMILES string of the molecule is O=c1[nH]c2cccc(CO)c2c(=O)n1-c1cc(S(=O)(=O)N2CCCCc3ccccc32)sc1Cl. The lowest BCUT2D eigenvalue weighted by molar-refractivity contribution is 0.283. The molecule has 0 atom stereocenters. The molecule has 0 saturated carbocycles. The van der Waals surface area contributed by atoms with Crippen molar-refractivity contribution in [3.63, 3.8) is 0 Å². The van der Waals surface area contributed by atoms with Crippen molar-refractivity contribution < 1.29 is 13.5 Å². The molecule has 8 nitrogen and oxygen atoms in total. The largest absolute Gasteiger partial charge is 0.392 e. The van der Waals surface area contributed by atoms with Crippen LogP contribution in [0.3, 0.4) is 0 Å². The number of benzene rings is 2. The maximum absolute atomic E-state index is 13.7. The number of nitrogens with one attached hydrogen (secondary N) is 1. The van der Waals surface area contributed by atoms with Gasteiger partial charge in [-0.3, -0.25) is 9.10 Å². The first-order chi connectivity index (χ1) is 16.3. The summed E-state index contributed by atoms with van der Waals surface area (Å²) in [7, 11) is -3.99. The number of aromatic amines is 1. The number of hydrogen-bond acceptors (Lipinski definition) is 6. The Bertz CT molecular complexity index is 1640. The molecule has 5 rings (SSSR count). The van der Waals surface area contributed by atoms with Gasteiger partial charge < -0.3 is 10.1 Å². The molecule has 11 heteroatoms. The molecule has 0 spiro atoms. The smallest absolute Gasteiger partial charge is 0.333 e. The van der Waals surface area contributed by atoms with Crippen molar-refractivity contribution in [1.29, 1.82) is 0 Å². The van der Waals surface area contributed by atoms with Crippen LogP contribution in [0.2, 0.25) is 4.34 Å².